The topological polar surface area (TPSA) is 99.1 Å². The van der Waals surface area contributed by atoms with Gasteiger partial charge in [0.1, 0.15) is 0 Å². The zero-order valence-corrected chi connectivity index (χ0v) is 11.1. The highest BCUT2D eigenvalue weighted by atomic mass is 16.5. The molecule has 0 spiro atoms. The Morgan fingerprint density at radius 3 is 2.68 bits per heavy atom. The summed E-state index contributed by atoms with van der Waals surface area (Å²) in [6.45, 7) is 2.79. The van der Waals surface area contributed by atoms with Crippen LogP contribution in [0.15, 0.2) is 11.6 Å². The van der Waals surface area contributed by atoms with E-state index in [2.05, 4.69) is 5.32 Å². The van der Waals surface area contributed by atoms with E-state index in [1.165, 1.54) is 11.8 Å². The van der Waals surface area contributed by atoms with E-state index >= 15 is 0 Å². The smallest absolute Gasteiger partial charge is 0.328 e. The second-order valence-electron chi connectivity index (χ2n) is 4.50. The number of carboxylic acids is 1. The first kappa shape index (κ1) is 15.5. The van der Waals surface area contributed by atoms with Crippen molar-refractivity contribution in [1.29, 1.82) is 0 Å². The monoisotopic (exact) mass is 272 g/mol. The van der Waals surface area contributed by atoms with Gasteiger partial charge < -0.3 is 25.2 Å². The second kappa shape index (κ2) is 7.10. The molecule has 1 aliphatic rings. The van der Waals surface area contributed by atoms with E-state index in [0.29, 0.717) is 26.1 Å². The molecule has 1 heterocycles. The summed E-state index contributed by atoms with van der Waals surface area (Å²) in [6, 6.07) is -1.78. The minimum absolute atomic E-state index is 0.413. The number of nitrogens with zero attached hydrogens (tertiary/aromatic N) is 1. The molecule has 3 N–H and O–H groups in total. The van der Waals surface area contributed by atoms with Crippen LogP contribution in [0.2, 0.25) is 0 Å². The van der Waals surface area contributed by atoms with Gasteiger partial charge in [0.15, 0.2) is 6.04 Å². The molecule has 7 heteroatoms. The molecule has 1 rings (SSSR count). The van der Waals surface area contributed by atoms with Crippen molar-refractivity contribution in [2.24, 2.45) is 0 Å². The Morgan fingerprint density at radius 1 is 1.58 bits per heavy atom. The first-order valence-electron chi connectivity index (χ1n) is 6.09. The maximum atomic E-state index is 11.9. The minimum atomic E-state index is -1.29. The summed E-state index contributed by atoms with van der Waals surface area (Å²) in [5.41, 5.74) is 1.12. The molecular weight excluding hydrogens is 252 g/mol. The van der Waals surface area contributed by atoms with Gasteiger partial charge in [0.05, 0.1) is 12.7 Å². The number of urea groups is 1. The van der Waals surface area contributed by atoms with Gasteiger partial charge in [-0.15, -0.1) is 0 Å². The Kier molecular flexibility index (Phi) is 5.78. The number of methoxy groups -OCH3 is 1. The average Bonchev–Trinajstić information content (AvgIpc) is 2.36. The maximum absolute atomic E-state index is 11.9. The fourth-order valence-corrected chi connectivity index (χ4v) is 1.83. The first-order valence-corrected chi connectivity index (χ1v) is 6.09. The SMILES string of the molecule is COCC1=CCN(C(=O)NC(C(=O)O)C(C)O)CC1. The molecule has 7 nitrogen and oxygen atoms in total. The van der Waals surface area contributed by atoms with E-state index in [9.17, 15) is 14.7 Å². The lowest BCUT2D eigenvalue weighted by Gasteiger charge is -2.28. The van der Waals surface area contributed by atoms with E-state index in [4.69, 9.17) is 9.84 Å². The van der Waals surface area contributed by atoms with E-state index in [0.717, 1.165) is 5.57 Å². The largest absolute Gasteiger partial charge is 0.480 e. The molecule has 2 amide bonds. The Bertz CT molecular complexity index is 367. The Labute approximate surface area is 111 Å². The lowest BCUT2D eigenvalue weighted by Crippen LogP contribution is -2.53. The van der Waals surface area contributed by atoms with Gasteiger partial charge in [0.25, 0.3) is 0 Å². The van der Waals surface area contributed by atoms with Crippen molar-refractivity contribution >= 4 is 12.0 Å². The molecule has 0 saturated heterocycles. The van der Waals surface area contributed by atoms with Crippen LogP contribution >= 0.6 is 0 Å². The number of nitrogens with one attached hydrogen (secondary N) is 1. The molecule has 0 aromatic rings. The Hall–Kier alpha value is -1.60. The van der Waals surface area contributed by atoms with Crippen molar-refractivity contribution in [3.63, 3.8) is 0 Å². The zero-order chi connectivity index (χ0) is 14.4. The second-order valence-corrected chi connectivity index (χ2v) is 4.50. The van der Waals surface area contributed by atoms with Gasteiger partial charge in [0.2, 0.25) is 0 Å². The molecule has 0 bridgehead atoms. The third-order valence-corrected chi connectivity index (χ3v) is 2.95. The summed E-state index contributed by atoms with van der Waals surface area (Å²) < 4.78 is 5.01. The van der Waals surface area contributed by atoms with E-state index in [-0.39, 0.29) is 0 Å². The lowest BCUT2D eigenvalue weighted by molar-refractivity contribution is -0.141. The van der Waals surface area contributed by atoms with Crippen molar-refractivity contribution in [3.05, 3.63) is 11.6 Å². The van der Waals surface area contributed by atoms with Crippen molar-refractivity contribution < 1.29 is 24.5 Å². The minimum Gasteiger partial charge on any atom is -0.480 e. The standard InChI is InChI=1S/C12H20N2O5/c1-8(15)10(11(16)17)13-12(18)14-5-3-9(4-6-14)7-19-2/h3,8,10,15H,4-7H2,1-2H3,(H,13,18)(H,16,17). The normalized spacial score (nSPS) is 18.5. The highest BCUT2D eigenvalue weighted by Gasteiger charge is 2.27. The molecule has 108 valence electrons. The number of amides is 2. The predicted molar refractivity (Wildman–Crippen MR) is 67.8 cm³/mol. The first-order chi connectivity index (χ1) is 8.95. The summed E-state index contributed by atoms with van der Waals surface area (Å²) in [7, 11) is 1.61. The van der Waals surface area contributed by atoms with Crippen LogP contribution in [-0.4, -0.2) is 66.1 Å². The van der Waals surface area contributed by atoms with Crippen LogP contribution in [-0.2, 0) is 9.53 Å². The average molecular weight is 272 g/mol. The van der Waals surface area contributed by atoms with Crippen molar-refractivity contribution in [2.45, 2.75) is 25.5 Å². The number of hydrogen-bond donors (Lipinski definition) is 3. The molecule has 0 saturated carbocycles. The van der Waals surface area contributed by atoms with Crippen molar-refractivity contribution in [3.8, 4) is 0 Å². The fourth-order valence-electron chi connectivity index (χ4n) is 1.83. The predicted octanol–water partition coefficient (Wildman–Crippen LogP) is -0.191. The van der Waals surface area contributed by atoms with Crippen LogP contribution in [0.5, 0.6) is 0 Å². The maximum Gasteiger partial charge on any atom is 0.328 e. The molecule has 2 unspecified atom stereocenters. The van der Waals surface area contributed by atoms with Crippen LogP contribution < -0.4 is 5.32 Å². The van der Waals surface area contributed by atoms with Gasteiger partial charge in [0, 0.05) is 20.2 Å². The number of hydrogen-bond acceptors (Lipinski definition) is 4. The molecule has 1 aliphatic heterocycles. The quantitative estimate of drug-likeness (QED) is 0.602. The van der Waals surface area contributed by atoms with Gasteiger partial charge >= 0.3 is 12.0 Å². The van der Waals surface area contributed by atoms with E-state index in [1.54, 1.807) is 7.11 Å². The van der Waals surface area contributed by atoms with Gasteiger partial charge in [-0.2, -0.15) is 0 Å². The number of ether oxygens (including phenoxy) is 1. The molecule has 0 radical (unpaired) electrons. The van der Waals surface area contributed by atoms with Crippen LogP contribution in [0, 0.1) is 0 Å². The van der Waals surface area contributed by atoms with Crippen LogP contribution in [0.3, 0.4) is 0 Å². The van der Waals surface area contributed by atoms with E-state index < -0.39 is 24.1 Å². The summed E-state index contributed by atoms with van der Waals surface area (Å²) >= 11 is 0. The van der Waals surface area contributed by atoms with Gasteiger partial charge in [-0.3, -0.25) is 0 Å². The number of carbonyl (C=O) groups is 2. The van der Waals surface area contributed by atoms with Gasteiger partial charge in [-0.25, -0.2) is 9.59 Å². The molecule has 19 heavy (non-hydrogen) atoms. The lowest BCUT2D eigenvalue weighted by atomic mass is 10.1. The molecule has 0 fully saturated rings. The molecule has 2 atom stereocenters. The number of aliphatic hydroxyl groups excluding tert-OH is 1. The van der Waals surface area contributed by atoms with Crippen LogP contribution in [0.4, 0.5) is 4.79 Å². The number of aliphatic carboxylic acids is 1. The Balaban J connectivity index is 2.53. The van der Waals surface area contributed by atoms with Crippen molar-refractivity contribution in [1.82, 2.24) is 10.2 Å². The molecule has 0 aliphatic carbocycles. The molecule has 0 aromatic heterocycles. The highest BCUT2D eigenvalue weighted by molar-refractivity contribution is 5.83. The van der Waals surface area contributed by atoms with Crippen LogP contribution in [0.1, 0.15) is 13.3 Å². The summed E-state index contributed by atoms with van der Waals surface area (Å²) in [6.07, 6.45) is 1.45. The summed E-state index contributed by atoms with van der Waals surface area (Å²) in [5.74, 6) is -1.25. The third-order valence-electron chi connectivity index (χ3n) is 2.95. The highest BCUT2D eigenvalue weighted by Crippen LogP contribution is 2.11. The fraction of sp³-hybridized carbons (Fsp3) is 0.667. The number of carbonyl (C=O) groups excluding carboxylic acids is 1. The zero-order valence-electron chi connectivity index (χ0n) is 11.1. The van der Waals surface area contributed by atoms with Gasteiger partial charge in [-0.05, 0) is 18.9 Å². The summed E-state index contributed by atoms with van der Waals surface area (Å²) in [4.78, 5) is 24.2. The Morgan fingerprint density at radius 2 is 2.26 bits per heavy atom. The molecule has 0 aromatic carbocycles. The molecular formula is C12H20N2O5. The number of rotatable bonds is 5. The number of aliphatic hydroxyl groups is 1. The van der Waals surface area contributed by atoms with Crippen LogP contribution in [0.25, 0.3) is 0 Å². The number of carboxylic acid groups (broad SMARTS) is 1. The third kappa shape index (κ3) is 4.53. The van der Waals surface area contributed by atoms with E-state index in [1.807, 2.05) is 6.08 Å². The summed E-state index contributed by atoms with van der Waals surface area (Å²) in [5, 5.41) is 20.5. The van der Waals surface area contributed by atoms with Gasteiger partial charge in [-0.1, -0.05) is 6.08 Å². The van der Waals surface area contributed by atoms with Crippen molar-refractivity contribution in [2.75, 3.05) is 26.8 Å².